The Labute approximate surface area is 153 Å². The topological polar surface area (TPSA) is 107 Å². The van der Waals surface area contributed by atoms with E-state index in [1.807, 2.05) is 0 Å². The number of nitrogens with zero attached hydrogens (tertiary/aromatic N) is 1. The zero-order valence-corrected chi connectivity index (χ0v) is 15.0. The van der Waals surface area contributed by atoms with Gasteiger partial charge in [0.1, 0.15) is 6.61 Å². The number of benzene rings is 1. The Morgan fingerprint density at radius 3 is 2.85 bits per heavy atom. The second kappa shape index (κ2) is 7.52. The van der Waals surface area contributed by atoms with Crippen molar-refractivity contribution in [3.8, 4) is 0 Å². The summed E-state index contributed by atoms with van der Waals surface area (Å²) in [7, 11) is 0. The standard InChI is InChI=1S/C17H17N3O5S/c1-3-24-16(22)14-9(2)19-17(23)20-12(14)7-25-15(21)10-4-5-11-13(6-10)26-8-18-11/h4-6,8-9H,3,7H2,1-2H3,(H2,19,20,23). The van der Waals surface area contributed by atoms with E-state index in [0.717, 1.165) is 10.2 Å². The van der Waals surface area contributed by atoms with E-state index in [9.17, 15) is 14.4 Å². The molecule has 2 aromatic rings. The molecule has 1 aliphatic heterocycles. The molecule has 3 rings (SSSR count). The quantitative estimate of drug-likeness (QED) is 0.774. The van der Waals surface area contributed by atoms with Crippen LogP contribution in [-0.4, -0.2) is 42.2 Å². The average molecular weight is 375 g/mol. The van der Waals surface area contributed by atoms with Crippen LogP contribution >= 0.6 is 11.3 Å². The van der Waals surface area contributed by atoms with Crippen LogP contribution in [-0.2, 0) is 14.3 Å². The van der Waals surface area contributed by atoms with Crippen LogP contribution in [0.25, 0.3) is 10.2 Å². The number of rotatable bonds is 5. The molecule has 1 atom stereocenters. The molecule has 0 aliphatic carbocycles. The van der Waals surface area contributed by atoms with E-state index in [0.29, 0.717) is 5.56 Å². The lowest BCUT2D eigenvalue weighted by Gasteiger charge is -2.26. The lowest BCUT2D eigenvalue weighted by Crippen LogP contribution is -2.50. The first-order chi connectivity index (χ1) is 12.5. The molecule has 8 nitrogen and oxygen atoms in total. The number of carbonyl (C=O) groups is 3. The predicted molar refractivity (Wildman–Crippen MR) is 94.7 cm³/mol. The number of hydrogen-bond acceptors (Lipinski definition) is 7. The molecule has 0 bridgehead atoms. The fourth-order valence-corrected chi connectivity index (χ4v) is 3.31. The summed E-state index contributed by atoms with van der Waals surface area (Å²) >= 11 is 1.42. The van der Waals surface area contributed by atoms with Gasteiger partial charge < -0.3 is 20.1 Å². The minimum absolute atomic E-state index is 0.199. The lowest BCUT2D eigenvalue weighted by molar-refractivity contribution is -0.139. The van der Waals surface area contributed by atoms with Crippen molar-refractivity contribution in [2.45, 2.75) is 19.9 Å². The van der Waals surface area contributed by atoms with Crippen LogP contribution in [0, 0.1) is 0 Å². The number of hydrogen-bond donors (Lipinski definition) is 2. The highest BCUT2D eigenvalue weighted by molar-refractivity contribution is 7.16. The minimum Gasteiger partial charge on any atom is -0.463 e. The SMILES string of the molecule is CCOC(=O)C1=C(COC(=O)c2ccc3ncsc3c2)NC(=O)NC1C. The van der Waals surface area contributed by atoms with E-state index in [-0.39, 0.29) is 24.5 Å². The Balaban J connectivity index is 1.78. The first-order valence-electron chi connectivity index (χ1n) is 7.97. The Bertz CT molecular complexity index is 905. The van der Waals surface area contributed by atoms with E-state index in [1.54, 1.807) is 37.6 Å². The summed E-state index contributed by atoms with van der Waals surface area (Å²) in [5, 5.41) is 5.09. The van der Waals surface area contributed by atoms with Gasteiger partial charge in [0.05, 0.1) is 45.2 Å². The second-order valence-electron chi connectivity index (χ2n) is 5.54. The molecule has 0 spiro atoms. The van der Waals surface area contributed by atoms with Crippen LogP contribution < -0.4 is 10.6 Å². The van der Waals surface area contributed by atoms with Crippen molar-refractivity contribution >= 4 is 39.5 Å². The molecule has 0 radical (unpaired) electrons. The lowest BCUT2D eigenvalue weighted by atomic mass is 10.0. The van der Waals surface area contributed by atoms with Gasteiger partial charge in [0.25, 0.3) is 0 Å². The van der Waals surface area contributed by atoms with Gasteiger partial charge in [-0.25, -0.2) is 19.4 Å². The number of nitrogens with one attached hydrogen (secondary N) is 2. The third kappa shape index (κ3) is 3.67. The van der Waals surface area contributed by atoms with Gasteiger partial charge in [-0.2, -0.15) is 0 Å². The molecular formula is C17H17N3O5S. The van der Waals surface area contributed by atoms with Crippen molar-refractivity contribution in [2.24, 2.45) is 0 Å². The van der Waals surface area contributed by atoms with Gasteiger partial charge in [-0.1, -0.05) is 0 Å². The van der Waals surface area contributed by atoms with Crippen molar-refractivity contribution in [3.63, 3.8) is 0 Å². The normalized spacial score (nSPS) is 16.8. The molecule has 0 saturated heterocycles. The number of fused-ring (bicyclic) bond motifs is 1. The summed E-state index contributed by atoms with van der Waals surface area (Å²) in [6.45, 7) is 3.30. The maximum atomic E-state index is 12.3. The number of urea groups is 1. The van der Waals surface area contributed by atoms with E-state index in [4.69, 9.17) is 9.47 Å². The minimum atomic E-state index is -0.565. The van der Waals surface area contributed by atoms with Crippen molar-refractivity contribution in [3.05, 3.63) is 40.5 Å². The van der Waals surface area contributed by atoms with E-state index in [2.05, 4.69) is 15.6 Å². The van der Waals surface area contributed by atoms with Gasteiger partial charge in [0, 0.05) is 0 Å². The molecule has 0 saturated carbocycles. The molecule has 1 aliphatic rings. The van der Waals surface area contributed by atoms with E-state index in [1.165, 1.54) is 11.3 Å². The van der Waals surface area contributed by atoms with E-state index < -0.39 is 24.0 Å². The Morgan fingerprint density at radius 2 is 2.08 bits per heavy atom. The van der Waals surface area contributed by atoms with Crippen LogP contribution in [0.4, 0.5) is 4.79 Å². The van der Waals surface area contributed by atoms with Crippen LogP contribution in [0.3, 0.4) is 0 Å². The van der Waals surface area contributed by atoms with Gasteiger partial charge in [0.15, 0.2) is 0 Å². The number of ether oxygens (including phenoxy) is 2. The number of aromatic nitrogens is 1. The maximum Gasteiger partial charge on any atom is 0.338 e. The van der Waals surface area contributed by atoms with Crippen LogP contribution in [0.2, 0.25) is 0 Å². The van der Waals surface area contributed by atoms with Crippen LogP contribution in [0.5, 0.6) is 0 Å². The largest absolute Gasteiger partial charge is 0.463 e. The molecule has 2 amide bonds. The monoisotopic (exact) mass is 375 g/mol. The molecule has 9 heteroatoms. The number of amides is 2. The zero-order valence-electron chi connectivity index (χ0n) is 14.2. The van der Waals surface area contributed by atoms with Gasteiger partial charge >= 0.3 is 18.0 Å². The van der Waals surface area contributed by atoms with Crippen molar-refractivity contribution in [1.82, 2.24) is 15.6 Å². The Morgan fingerprint density at radius 1 is 1.27 bits per heavy atom. The maximum absolute atomic E-state index is 12.3. The van der Waals surface area contributed by atoms with Gasteiger partial charge in [-0.15, -0.1) is 11.3 Å². The molecule has 2 N–H and O–H groups in total. The van der Waals surface area contributed by atoms with Crippen molar-refractivity contribution in [1.29, 1.82) is 0 Å². The number of esters is 2. The summed E-state index contributed by atoms with van der Waals surface area (Å²) < 4.78 is 11.2. The molecule has 2 heterocycles. The first-order valence-corrected chi connectivity index (χ1v) is 8.85. The summed E-state index contributed by atoms with van der Waals surface area (Å²) in [5.41, 5.74) is 3.32. The van der Waals surface area contributed by atoms with Crippen molar-refractivity contribution in [2.75, 3.05) is 13.2 Å². The number of thiazole rings is 1. The molecule has 1 unspecified atom stereocenters. The molecule has 0 fully saturated rings. The van der Waals surface area contributed by atoms with E-state index >= 15 is 0 Å². The Hall–Kier alpha value is -2.94. The summed E-state index contributed by atoms with van der Waals surface area (Å²) in [5.74, 6) is -1.12. The summed E-state index contributed by atoms with van der Waals surface area (Å²) in [6, 6.07) is 4.03. The third-order valence-corrected chi connectivity index (χ3v) is 4.57. The van der Waals surface area contributed by atoms with Crippen LogP contribution in [0.15, 0.2) is 35.0 Å². The average Bonchev–Trinajstić information content (AvgIpc) is 3.06. The molecule has 136 valence electrons. The van der Waals surface area contributed by atoms with Crippen LogP contribution in [0.1, 0.15) is 24.2 Å². The zero-order chi connectivity index (χ0) is 18.7. The summed E-state index contributed by atoms with van der Waals surface area (Å²) in [4.78, 5) is 40.3. The van der Waals surface area contributed by atoms with Gasteiger partial charge in [0.2, 0.25) is 0 Å². The number of carbonyl (C=O) groups excluding carboxylic acids is 3. The molecule has 1 aromatic heterocycles. The highest BCUT2D eigenvalue weighted by Crippen LogP contribution is 2.20. The first kappa shape index (κ1) is 17.9. The summed E-state index contributed by atoms with van der Waals surface area (Å²) in [6.07, 6.45) is 0. The van der Waals surface area contributed by atoms with Gasteiger partial charge in [-0.3, -0.25) is 0 Å². The predicted octanol–water partition coefficient (Wildman–Crippen LogP) is 1.97. The third-order valence-electron chi connectivity index (χ3n) is 3.78. The fourth-order valence-electron chi connectivity index (χ4n) is 2.60. The Kier molecular flexibility index (Phi) is 5.17. The molecule has 1 aromatic carbocycles. The second-order valence-corrected chi connectivity index (χ2v) is 6.43. The fraction of sp³-hybridized carbons (Fsp3) is 0.294. The van der Waals surface area contributed by atoms with Gasteiger partial charge in [-0.05, 0) is 32.0 Å². The smallest absolute Gasteiger partial charge is 0.338 e. The molecular weight excluding hydrogens is 358 g/mol. The highest BCUT2D eigenvalue weighted by atomic mass is 32.1. The highest BCUT2D eigenvalue weighted by Gasteiger charge is 2.30. The van der Waals surface area contributed by atoms with Crippen molar-refractivity contribution < 1.29 is 23.9 Å². The molecule has 26 heavy (non-hydrogen) atoms.